The van der Waals surface area contributed by atoms with Crippen LogP contribution in [0.5, 0.6) is 0 Å². The summed E-state index contributed by atoms with van der Waals surface area (Å²) in [6.07, 6.45) is -4.06. The van der Waals surface area contributed by atoms with Crippen molar-refractivity contribution in [1.82, 2.24) is 0 Å². The first-order valence-electron chi connectivity index (χ1n) is 10.8. The van der Waals surface area contributed by atoms with Gasteiger partial charge in [-0.05, 0) is 62.7 Å². The van der Waals surface area contributed by atoms with Gasteiger partial charge in [0.1, 0.15) is 0 Å². The molecule has 35 heavy (non-hydrogen) atoms. The van der Waals surface area contributed by atoms with Crippen molar-refractivity contribution in [3.63, 3.8) is 0 Å². The van der Waals surface area contributed by atoms with E-state index in [4.69, 9.17) is 9.47 Å². The van der Waals surface area contributed by atoms with E-state index >= 15 is 0 Å². The van der Waals surface area contributed by atoms with Crippen LogP contribution in [-0.4, -0.2) is 41.1 Å². The van der Waals surface area contributed by atoms with Gasteiger partial charge in [0.2, 0.25) is 12.2 Å². The van der Waals surface area contributed by atoms with Crippen molar-refractivity contribution in [2.45, 2.75) is 33.0 Å². The van der Waals surface area contributed by atoms with Gasteiger partial charge in [-0.25, -0.2) is 14.4 Å². The van der Waals surface area contributed by atoms with Gasteiger partial charge in [0.15, 0.2) is 0 Å². The average molecular weight is 475 g/mol. The van der Waals surface area contributed by atoms with Gasteiger partial charge < -0.3 is 19.9 Å². The molecule has 8 heteroatoms. The predicted octanol–water partition coefficient (Wildman–Crippen LogP) is 4.09. The van der Waals surface area contributed by atoms with E-state index in [0.717, 1.165) is 16.7 Å². The van der Waals surface area contributed by atoms with Gasteiger partial charge >= 0.3 is 17.9 Å². The minimum atomic E-state index is -2.10. The molecule has 0 aromatic heterocycles. The Labute approximate surface area is 202 Å². The molecular formula is C27H25NO7. The number of aliphatic carboxylic acids is 1. The Kier molecular flexibility index (Phi) is 7.99. The van der Waals surface area contributed by atoms with Gasteiger partial charge in [-0.1, -0.05) is 47.5 Å². The third kappa shape index (κ3) is 6.77. The molecule has 0 aliphatic carbocycles. The molecule has 0 bridgehead atoms. The Hall–Kier alpha value is -4.46. The van der Waals surface area contributed by atoms with Gasteiger partial charge in [-0.3, -0.25) is 4.79 Å². The van der Waals surface area contributed by atoms with Crippen LogP contribution >= 0.6 is 0 Å². The predicted molar refractivity (Wildman–Crippen MR) is 128 cm³/mol. The molecule has 2 atom stereocenters. The smallest absolute Gasteiger partial charge is 0.349 e. The zero-order chi connectivity index (χ0) is 25.5. The van der Waals surface area contributed by atoms with Crippen molar-refractivity contribution in [2.75, 3.05) is 5.32 Å². The summed E-state index contributed by atoms with van der Waals surface area (Å²) in [7, 11) is 0. The van der Waals surface area contributed by atoms with Crippen LogP contribution in [0.15, 0.2) is 72.8 Å². The fourth-order valence-electron chi connectivity index (χ4n) is 3.34. The number of nitrogens with one attached hydrogen (secondary N) is 1. The number of aryl methyl sites for hydroxylation is 3. The van der Waals surface area contributed by atoms with E-state index < -0.39 is 36.0 Å². The zero-order valence-corrected chi connectivity index (χ0v) is 19.5. The number of rotatable bonds is 8. The zero-order valence-electron chi connectivity index (χ0n) is 19.5. The normalized spacial score (nSPS) is 12.2. The van der Waals surface area contributed by atoms with Crippen molar-refractivity contribution in [3.05, 3.63) is 101 Å². The lowest BCUT2D eigenvalue weighted by Gasteiger charge is -2.23. The van der Waals surface area contributed by atoms with E-state index in [9.17, 15) is 24.3 Å². The van der Waals surface area contributed by atoms with Crippen LogP contribution in [0.25, 0.3) is 0 Å². The fraction of sp³-hybridized carbons (Fsp3) is 0.185. The van der Waals surface area contributed by atoms with Crippen molar-refractivity contribution < 1.29 is 33.8 Å². The van der Waals surface area contributed by atoms with Crippen molar-refractivity contribution >= 4 is 29.5 Å². The number of carbonyl (C=O) groups is 4. The van der Waals surface area contributed by atoms with E-state index in [1.165, 1.54) is 24.3 Å². The Morgan fingerprint density at radius 3 is 1.60 bits per heavy atom. The molecular weight excluding hydrogens is 450 g/mol. The third-order valence-corrected chi connectivity index (χ3v) is 5.04. The molecule has 0 saturated carbocycles. The van der Waals surface area contributed by atoms with Gasteiger partial charge in [-0.2, -0.15) is 0 Å². The van der Waals surface area contributed by atoms with E-state index in [-0.39, 0.29) is 11.1 Å². The van der Waals surface area contributed by atoms with Crippen LogP contribution in [0.2, 0.25) is 0 Å². The first-order valence-corrected chi connectivity index (χ1v) is 10.8. The molecule has 8 nitrogen and oxygen atoms in total. The van der Waals surface area contributed by atoms with Crippen LogP contribution < -0.4 is 5.32 Å². The number of esters is 2. The van der Waals surface area contributed by atoms with Crippen LogP contribution in [-0.2, 0) is 19.1 Å². The Morgan fingerprint density at radius 1 is 0.686 bits per heavy atom. The molecule has 2 N–H and O–H groups in total. The summed E-state index contributed by atoms with van der Waals surface area (Å²) in [4.78, 5) is 50.7. The van der Waals surface area contributed by atoms with Gasteiger partial charge in [0.05, 0.1) is 11.1 Å². The Bertz CT molecular complexity index is 1270. The molecule has 0 unspecified atom stereocenters. The van der Waals surface area contributed by atoms with E-state index in [0.29, 0.717) is 5.69 Å². The highest BCUT2D eigenvalue weighted by Crippen LogP contribution is 2.17. The number of hydrogen-bond donors (Lipinski definition) is 2. The summed E-state index contributed by atoms with van der Waals surface area (Å²) in [6.45, 7) is 5.34. The Morgan fingerprint density at radius 2 is 1.14 bits per heavy atom. The number of anilines is 1. The molecule has 3 aromatic carbocycles. The summed E-state index contributed by atoms with van der Waals surface area (Å²) in [6, 6.07) is 19.5. The molecule has 0 saturated heterocycles. The second-order valence-electron chi connectivity index (χ2n) is 8.09. The number of hydrogen-bond acceptors (Lipinski definition) is 6. The molecule has 0 radical (unpaired) electrons. The second-order valence-corrected chi connectivity index (χ2v) is 8.09. The largest absolute Gasteiger partial charge is 0.478 e. The number of carboxylic acids is 1. The number of amides is 1. The minimum Gasteiger partial charge on any atom is -0.478 e. The van der Waals surface area contributed by atoms with Gasteiger partial charge in [0.25, 0.3) is 5.91 Å². The lowest BCUT2D eigenvalue weighted by Crippen LogP contribution is -2.48. The molecule has 0 spiro atoms. The van der Waals surface area contributed by atoms with Crippen molar-refractivity contribution in [2.24, 2.45) is 0 Å². The van der Waals surface area contributed by atoms with Crippen molar-refractivity contribution in [3.8, 4) is 0 Å². The average Bonchev–Trinajstić information content (AvgIpc) is 2.80. The SMILES string of the molecule is Cc1cccc(NC(=O)[C@@H](OC(=O)c2cccc(C)c2)[C@@H](OC(=O)c2cccc(C)c2)C(=O)O)c1. The molecule has 0 aliphatic heterocycles. The quantitative estimate of drug-likeness (QED) is 0.471. The molecule has 0 fully saturated rings. The second kappa shape index (κ2) is 11.1. The molecule has 180 valence electrons. The lowest BCUT2D eigenvalue weighted by molar-refractivity contribution is -0.157. The van der Waals surface area contributed by atoms with Gasteiger partial charge in [0, 0.05) is 5.69 Å². The first kappa shape index (κ1) is 25.2. The lowest BCUT2D eigenvalue weighted by atomic mass is 10.1. The standard InChI is InChI=1S/C27H25NO7/c1-16-7-4-10-19(13-16)26(32)34-22(24(29)28-21-12-6-9-18(3)15-21)23(25(30)31)35-27(33)20-11-5-8-17(2)14-20/h4-15,22-23H,1-3H3,(H,28,29)(H,30,31)/t22-,23+/m0/s1. The summed E-state index contributed by atoms with van der Waals surface area (Å²) >= 11 is 0. The van der Waals surface area contributed by atoms with Gasteiger partial charge in [-0.15, -0.1) is 0 Å². The number of ether oxygens (including phenoxy) is 2. The summed E-state index contributed by atoms with van der Waals surface area (Å²) in [5.74, 6) is -4.51. The van der Waals surface area contributed by atoms with E-state index in [2.05, 4.69) is 5.32 Å². The maximum Gasteiger partial charge on any atom is 0.349 e. The van der Waals surface area contributed by atoms with Crippen LogP contribution in [0, 0.1) is 20.8 Å². The monoisotopic (exact) mass is 475 g/mol. The number of carboxylic acid groups (broad SMARTS) is 1. The van der Waals surface area contributed by atoms with Crippen LogP contribution in [0.3, 0.4) is 0 Å². The molecule has 1 amide bonds. The summed E-state index contributed by atoms with van der Waals surface area (Å²) in [5.41, 5.74) is 2.94. The molecule has 0 aliphatic rings. The van der Waals surface area contributed by atoms with Crippen LogP contribution in [0.4, 0.5) is 5.69 Å². The Balaban J connectivity index is 1.92. The van der Waals surface area contributed by atoms with Crippen LogP contribution in [0.1, 0.15) is 37.4 Å². The van der Waals surface area contributed by atoms with E-state index in [1.807, 2.05) is 13.0 Å². The number of carbonyl (C=O) groups excluding carboxylic acids is 3. The maximum atomic E-state index is 13.1. The highest BCUT2D eigenvalue weighted by Gasteiger charge is 2.41. The molecule has 3 aromatic rings. The minimum absolute atomic E-state index is 0.0964. The molecule has 3 rings (SSSR count). The highest BCUT2D eigenvalue weighted by atomic mass is 16.6. The van der Waals surface area contributed by atoms with Crippen molar-refractivity contribution in [1.29, 1.82) is 0 Å². The first-order chi connectivity index (χ1) is 16.6. The maximum absolute atomic E-state index is 13.1. The summed E-state index contributed by atoms with van der Waals surface area (Å²) in [5, 5.41) is 12.4. The third-order valence-electron chi connectivity index (χ3n) is 5.04. The fourth-order valence-corrected chi connectivity index (χ4v) is 3.34. The highest BCUT2D eigenvalue weighted by molar-refractivity contribution is 6.01. The van der Waals surface area contributed by atoms with E-state index in [1.54, 1.807) is 56.3 Å². The topological polar surface area (TPSA) is 119 Å². The summed E-state index contributed by atoms with van der Waals surface area (Å²) < 4.78 is 10.5. The number of benzene rings is 3. The molecule has 0 heterocycles.